The SMILES string of the molecule is Cc1ccc2c(C)c(C(=O)Nc3ccc(C(=O)O)c(O)c3)oc2c1C. The van der Waals surface area contributed by atoms with Crippen LogP contribution >= 0.6 is 0 Å². The minimum Gasteiger partial charge on any atom is -0.507 e. The molecule has 0 aliphatic heterocycles. The van der Waals surface area contributed by atoms with Crippen molar-refractivity contribution in [3.05, 3.63) is 58.3 Å². The number of furan rings is 1. The van der Waals surface area contributed by atoms with E-state index in [9.17, 15) is 14.7 Å². The molecule has 6 heteroatoms. The van der Waals surface area contributed by atoms with E-state index in [1.807, 2.05) is 26.0 Å². The molecule has 0 saturated heterocycles. The average molecular weight is 339 g/mol. The number of amides is 1. The van der Waals surface area contributed by atoms with Gasteiger partial charge in [0, 0.05) is 22.7 Å². The lowest BCUT2D eigenvalue weighted by atomic mass is 10.0. The van der Waals surface area contributed by atoms with Gasteiger partial charge in [-0.1, -0.05) is 12.1 Å². The van der Waals surface area contributed by atoms with E-state index in [0.717, 1.165) is 22.1 Å². The van der Waals surface area contributed by atoms with Gasteiger partial charge in [0.15, 0.2) is 5.76 Å². The molecule has 0 fully saturated rings. The molecule has 2 aromatic carbocycles. The van der Waals surface area contributed by atoms with Crippen molar-refractivity contribution in [2.45, 2.75) is 20.8 Å². The molecule has 3 rings (SSSR count). The van der Waals surface area contributed by atoms with Gasteiger partial charge in [-0.15, -0.1) is 0 Å². The maximum Gasteiger partial charge on any atom is 0.339 e. The van der Waals surface area contributed by atoms with Crippen LogP contribution in [-0.2, 0) is 0 Å². The largest absolute Gasteiger partial charge is 0.507 e. The lowest BCUT2D eigenvalue weighted by molar-refractivity contribution is 0.0693. The number of carbonyl (C=O) groups excluding carboxylic acids is 1. The third-order valence-corrected chi connectivity index (χ3v) is 4.32. The van der Waals surface area contributed by atoms with Crippen LogP contribution < -0.4 is 5.32 Å². The Bertz CT molecular complexity index is 1020. The molecule has 1 aromatic heterocycles. The number of hydrogen-bond acceptors (Lipinski definition) is 4. The molecule has 0 unspecified atom stereocenters. The van der Waals surface area contributed by atoms with Gasteiger partial charge in [0.25, 0.3) is 5.91 Å². The smallest absolute Gasteiger partial charge is 0.339 e. The molecule has 1 amide bonds. The fourth-order valence-electron chi connectivity index (χ4n) is 2.71. The van der Waals surface area contributed by atoms with Crippen LogP contribution in [0.1, 0.15) is 37.6 Å². The molecule has 25 heavy (non-hydrogen) atoms. The summed E-state index contributed by atoms with van der Waals surface area (Å²) in [6.45, 7) is 5.71. The maximum absolute atomic E-state index is 12.5. The lowest BCUT2D eigenvalue weighted by Crippen LogP contribution is -2.12. The Morgan fingerprint density at radius 1 is 1.04 bits per heavy atom. The predicted molar refractivity (Wildman–Crippen MR) is 93.4 cm³/mol. The van der Waals surface area contributed by atoms with Crippen LogP contribution in [-0.4, -0.2) is 22.1 Å². The Hall–Kier alpha value is -3.28. The minimum atomic E-state index is -1.24. The fourth-order valence-corrected chi connectivity index (χ4v) is 2.71. The Morgan fingerprint density at radius 3 is 2.40 bits per heavy atom. The van der Waals surface area contributed by atoms with Crippen molar-refractivity contribution < 1.29 is 24.2 Å². The number of aromatic hydroxyl groups is 1. The Labute approximate surface area is 143 Å². The first-order valence-corrected chi connectivity index (χ1v) is 7.66. The Kier molecular flexibility index (Phi) is 3.96. The van der Waals surface area contributed by atoms with Crippen molar-refractivity contribution in [3.63, 3.8) is 0 Å². The van der Waals surface area contributed by atoms with Crippen molar-refractivity contribution in [2.24, 2.45) is 0 Å². The summed E-state index contributed by atoms with van der Waals surface area (Å²) in [4.78, 5) is 23.4. The van der Waals surface area contributed by atoms with E-state index in [-0.39, 0.29) is 17.0 Å². The summed E-state index contributed by atoms with van der Waals surface area (Å²) in [5, 5.41) is 22.1. The van der Waals surface area contributed by atoms with E-state index in [2.05, 4.69) is 5.32 Å². The topological polar surface area (TPSA) is 99.8 Å². The molecule has 0 radical (unpaired) electrons. The van der Waals surface area contributed by atoms with Crippen molar-refractivity contribution in [3.8, 4) is 5.75 Å². The number of aryl methyl sites for hydroxylation is 3. The molecule has 128 valence electrons. The second-order valence-corrected chi connectivity index (χ2v) is 5.93. The summed E-state index contributed by atoms with van der Waals surface area (Å²) in [5.41, 5.74) is 3.49. The number of aromatic carboxylic acids is 1. The molecule has 3 aromatic rings. The highest BCUT2D eigenvalue weighted by atomic mass is 16.4. The van der Waals surface area contributed by atoms with E-state index in [1.54, 1.807) is 6.92 Å². The summed E-state index contributed by atoms with van der Waals surface area (Å²) in [6, 6.07) is 7.72. The van der Waals surface area contributed by atoms with Gasteiger partial charge >= 0.3 is 5.97 Å². The van der Waals surface area contributed by atoms with Gasteiger partial charge in [-0.3, -0.25) is 4.79 Å². The zero-order valence-electron chi connectivity index (χ0n) is 14.0. The molecule has 0 spiro atoms. The molecule has 0 aliphatic carbocycles. The zero-order chi connectivity index (χ0) is 18.3. The van der Waals surface area contributed by atoms with Gasteiger partial charge in [-0.2, -0.15) is 0 Å². The molecule has 1 heterocycles. The van der Waals surface area contributed by atoms with Crippen LogP contribution in [0.3, 0.4) is 0 Å². The number of carboxylic acids is 1. The summed E-state index contributed by atoms with van der Waals surface area (Å²) in [6.07, 6.45) is 0. The monoisotopic (exact) mass is 339 g/mol. The molecule has 0 saturated carbocycles. The van der Waals surface area contributed by atoms with Gasteiger partial charge < -0.3 is 19.9 Å². The molecule has 0 atom stereocenters. The van der Waals surface area contributed by atoms with E-state index in [0.29, 0.717) is 5.58 Å². The number of hydrogen-bond donors (Lipinski definition) is 3. The molecular formula is C19H17NO5. The maximum atomic E-state index is 12.5. The number of phenols is 1. The number of rotatable bonds is 3. The van der Waals surface area contributed by atoms with Crippen LogP contribution in [0.5, 0.6) is 5.75 Å². The molecule has 0 aliphatic rings. The van der Waals surface area contributed by atoms with E-state index < -0.39 is 17.6 Å². The summed E-state index contributed by atoms with van der Waals surface area (Å²) in [5.74, 6) is -1.94. The van der Waals surface area contributed by atoms with E-state index >= 15 is 0 Å². The highest BCUT2D eigenvalue weighted by Crippen LogP contribution is 2.30. The van der Waals surface area contributed by atoms with E-state index in [1.165, 1.54) is 18.2 Å². The van der Waals surface area contributed by atoms with Crippen molar-refractivity contribution in [2.75, 3.05) is 5.32 Å². The number of anilines is 1. The minimum absolute atomic E-state index is 0.186. The van der Waals surface area contributed by atoms with Crippen molar-refractivity contribution in [1.82, 2.24) is 0 Å². The lowest BCUT2D eigenvalue weighted by Gasteiger charge is -2.06. The van der Waals surface area contributed by atoms with Crippen LogP contribution in [0.4, 0.5) is 5.69 Å². The Balaban J connectivity index is 1.95. The summed E-state index contributed by atoms with van der Waals surface area (Å²) < 4.78 is 5.77. The highest BCUT2D eigenvalue weighted by molar-refractivity contribution is 6.07. The zero-order valence-corrected chi connectivity index (χ0v) is 14.0. The predicted octanol–water partition coefficient (Wildman–Crippen LogP) is 4.01. The Morgan fingerprint density at radius 2 is 1.76 bits per heavy atom. The van der Waals surface area contributed by atoms with Crippen molar-refractivity contribution >= 4 is 28.5 Å². The van der Waals surface area contributed by atoms with Gasteiger partial charge in [-0.05, 0) is 44.0 Å². The molecule has 0 bridgehead atoms. The average Bonchev–Trinajstić information content (AvgIpc) is 2.88. The van der Waals surface area contributed by atoms with Gasteiger partial charge in [0.2, 0.25) is 0 Å². The van der Waals surface area contributed by atoms with Gasteiger partial charge in [-0.25, -0.2) is 4.79 Å². The number of fused-ring (bicyclic) bond motifs is 1. The van der Waals surface area contributed by atoms with Crippen LogP contribution in [0.2, 0.25) is 0 Å². The second-order valence-electron chi connectivity index (χ2n) is 5.93. The van der Waals surface area contributed by atoms with Gasteiger partial charge in [0.1, 0.15) is 16.9 Å². The summed E-state index contributed by atoms with van der Waals surface area (Å²) >= 11 is 0. The first-order chi connectivity index (χ1) is 11.8. The van der Waals surface area contributed by atoms with Gasteiger partial charge in [0.05, 0.1) is 0 Å². The second kappa shape index (κ2) is 5.98. The number of benzene rings is 2. The number of carboxylic acid groups (broad SMARTS) is 1. The van der Waals surface area contributed by atoms with Crippen LogP contribution in [0.15, 0.2) is 34.7 Å². The first-order valence-electron chi connectivity index (χ1n) is 7.66. The normalized spacial score (nSPS) is 10.8. The summed E-state index contributed by atoms with van der Waals surface area (Å²) in [7, 11) is 0. The first kappa shape index (κ1) is 16.6. The standard InChI is InChI=1S/C19H17NO5/c1-9-4-6-13-11(3)17(25-16(13)10(9)2)18(22)20-12-5-7-14(19(23)24)15(21)8-12/h4-8,21H,1-3H3,(H,20,22)(H,23,24). The van der Waals surface area contributed by atoms with E-state index in [4.69, 9.17) is 9.52 Å². The van der Waals surface area contributed by atoms with Crippen LogP contribution in [0, 0.1) is 20.8 Å². The third-order valence-electron chi connectivity index (χ3n) is 4.32. The number of nitrogens with one attached hydrogen (secondary N) is 1. The quantitative estimate of drug-likeness (QED) is 0.669. The molecule has 6 nitrogen and oxygen atoms in total. The number of carbonyl (C=O) groups is 2. The third kappa shape index (κ3) is 2.82. The molecular weight excluding hydrogens is 322 g/mol. The molecule has 3 N–H and O–H groups in total. The van der Waals surface area contributed by atoms with Crippen LogP contribution in [0.25, 0.3) is 11.0 Å². The van der Waals surface area contributed by atoms with Crippen molar-refractivity contribution in [1.29, 1.82) is 0 Å². The highest BCUT2D eigenvalue weighted by Gasteiger charge is 2.20. The fraction of sp³-hybridized carbons (Fsp3) is 0.158.